The molecule has 0 radical (unpaired) electrons. The minimum atomic E-state index is 0.0611. The lowest BCUT2D eigenvalue weighted by Crippen LogP contribution is -2.38. The van der Waals surface area contributed by atoms with Crippen LogP contribution >= 0.6 is 0 Å². The van der Waals surface area contributed by atoms with Crippen LogP contribution in [-0.2, 0) is 0 Å². The van der Waals surface area contributed by atoms with Crippen molar-refractivity contribution in [3.63, 3.8) is 0 Å². The van der Waals surface area contributed by atoms with Gasteiger partial charge in [0.2, 0.25) is 0 Å². The van der Waals surface area contributed by atoms with Gasteiger partial charge >= 0.3 is 0 Å². The maximum absolute atomic E-state index is 12.7. The Morgan fingerprint density at radius 1 is 1.20 bits per heavy atom. The van der Waals surface area contributed by atoms with E-state index in [0.29, 0.717) is 17.3 Å². The van der Waals surface area contributed by atoms with Crippen LogP contribution in [0.4, 0.5) is 0 Å². The number of amides is 1. The van der Waals surface area contributed by atoms with E-state index in [-0.39, 0.29) is 11.9 Å². The Kier molecular flexibility index (Phi) is 3.95. The van der Waals surface area contributed by atoms with Gasteiger partial charge in [-0.1, -0.05) is 0 Å². The van der Waals surface area contributed by atoms with Crippen molar-refractivity contribution in [1.29, 1.82) is 0 Å². The molecule has 1 aliphatic heterocycles. The van der Waals surface area contributed by atoms with Gasteiger partial charge in [0.25, 0.3) is 11.7 Å². The zero-order valence-corrected chi connectivity index (χ0v) is 14.4. The first kappa shape index (κ1) is 15.7. The number of hydrogen-bond donors (Lipinski definition) is 0. The van der Waals surface area contributed by atoms with E-state index in [0.717, 1.165) is 31.6 Å². The lowest BCUT2D eigenvalue weighted by Gasteiger charge is -2.31. The second kappa shape index (κ2) is 6.27. The first-order valence-corrected chi connectivity index (χ1v) is 8.61. The van der Waals surface area contributed by atoms with E-state index in [2.05, 4.69) is 20.2 Å². The summed E-state index contributed by atoms with van der Waals surface area (Å²) < 4.78 is 3.62. The zero-order chi connectivity index (χ0) is 17.4. The van der Waals surface area contributed by atoms with Crippen LogP contribution in [-0.4, -0.2) is 53.3 Å². The largest absolute Gasteiger partial charge is 0.339 e. The van der Waals surface area contributed by atoms with Crippen LogP contribution in [0, 0.1) is 0 Å². The van der Waals surface area contributed by atoms with Crippen molar-refractivity contribution in [2.75, 3.05) is 13.1 Å². The van der Waals surface area contributed by atoms with Gasteiger partial charge in [-0.3, -0.25) is 9.48 Å². The number of carbonyl (C=O) groups is 1. The van der Waals surface area contributed by atoms with E-state index in [4.69, 9.17) is 0 Å². The van der Waals surface area contributed by atoms with E-state index in [1.807, 2.05) is 35.7 Å². The summed E-state index contributed by atoms with van der Waals surface area (Å²) in [5.74, 6) is 1.04. The molecule has 25 heavy (non-hydrogen) atoms. The number of rotatable bonds is 3. The van der Waals surface area contributed by atoms with E-state index in [1.165, 1.54) is 6.33 Å². The van der Waals surface area contributed by atoms with Gasteiger partial charge < -0.3 is 4.90 Å². The van der Waals surface area contributed by atoms with E-state index in [9.17, 15) is 4.79 Å². The first-order valence-electron chi connectivity index (χ1n) is 8.61. The van der Waals surface area contributed by atoms with Gasteiger partial charge in [0.15, 0.2) is 0 Å². The number of carbonyl (C=O) groups excluding carboxylic acids is 1. The third kappa shape index (κ3) is 2.88. The lowest BCUT2D eigenvalue weighted by molar-refractivity contribution is 0.0711. The molecule has 0 saturated carbocycles. The second-order valence-corrected chi connectivity index (χ2v) is 6.71. The maximum atomic E-state index is 12.7. The molecule has 0 aromatic carbocycles. The SMILES string of the molecule is CC(C)n1cc(C(=O)N2CCC(c3ccnc4ncnn34)CC2)cn1. The molecule has 0 spiro atoms. The maximum Gasteiger partial charge on any atom is 0.257 e. The van der Waals surface area contributed by atoms with Crippen LogP contribution in [0.3, 0.4) is 0 Å². The minimum Gasteiger partial charge on any atom is -0.339 e. The number of piperidine rings is 1. The Morgan fingerprint density at radius 2 is 2.00 bits per heavy atom. The normalized spacial score (nSPS) is 16.0. The highest BCUT2D eigenvalue weighted by atomic mass is 16.2. The highest BCUT2D eigenvalue weighted by Gasteiger charge is 2.27. The molecule has 8 heteroatoms. The molecule has 0 bridgehead atoms. The quantitative estimate of drug-likeness (QED) is 0.728. The molecule has 1 fully saturated rings. The van der Waals surface area contributed by atoms with Gasteiger partial charge in [-0.2, -0.15) is 15.2 Å². The number of aromatic nitrogens is 6. The first-order chi connectivity index (χ1) is 12.1. The summed E-state index contributed by atoms with van der Waals surface area (Å²) in [5.41, 5.74) is 1.77. The molecule has 3 aromatic heterocycles. The standard InChI is InChI=1S/C17H21N7O/c1-12(2)23-10-14(9-20-23)16(25)22-7-4-13(5-8-22)15-3-6-18-17-19-11-21-24(15)17/h3,6,9-13H,4-5,7-8H2,1-2H3. The van der Waals surface area contributed by atoms with E-state index < -0.39 is 0 Å². The van der Waals surface area contributed by atoms with Crippen LogP contribution in [0.25, 0.3) is 5.78 Å². The number of hydrogen-bond acceptors (Lipinski definition) is 5. The van der Waals surface area contributed by atoms with Gasteiger partial charge in [-0.05, 0) is 32.8 Å². The zero-order valence-electron chi connectivity index (χ0n) is 14.4. The number of nitrogens with zero attached hydrogens (tertiary/aromatic N) is 7. The van der Waals surface area contributed by atoms with E-state index >= 15 is 0 Å². The molecule has 4 rings (SSSR count). The number of likely N-dealkylation sites (tertiary alicyclic amines) is 1. The fourth-order valence-electron chi connectivity index (χ4n) is 3.36. The van der Waals surface area contributed by atoms with Crippen molar-refractivity contribution in [2.24, 2.45) is 0 Å². The van der Waals surface area contributed by atoms with Gasteiger partial charge in [-0.15, -0.1) is 0 Å². The molecule has 4 heterocycles. The molecule has 1 aliphatic rings. The molecule has 0 N–H and O–H groups in total. The predicted octanol–water partition coefficient (Wildman–Crippen LogP) is 1.92. The molecule has 130 valence electrons. The molecule has 3 aromatic rings. The summed E-state index contributed by atoms with van der Waals surface area (Å²) >= 11 is 0. The Hall–Kier alpha value is -2.77. The molecule has 8 nitrogen and oxygen atoms in total. The van der Waals surface area contributed by atoms with Crippen LogP contribution < -0.4 is 0 Å². The van der Waals surface area contributed by atoms with Crippen LogP contribution in [0.15, 0.2) is 31.0 Å². The molecular formula is C17H21N7O. The molecular weight excluding hydrogens is 318 g/mol. The molecule has 1 amide bonds. The topological polar surface area (TPSA) is 81.2 Å². The smallest absolute Gasteiger partial charge is 0.257 e. The summed E-state index contributed by atoms with van der Waals surface area (Å²) in [4.78, 5) is 23.0. The number of fused-ring (bicyclic) bond motifs is 1. The fourth-order valence-corrected chi connectivity index (χ4v) is 3.36. The molecule has 0 unspecified atom stereocenters. The van der Waals surface area contributed by atoms with Crippen molar-refractivity contribution >= 4 is 11.7 Å². The van der Waals surface area contributed by atoms with Crippen LogP contribution in [0.1, 0.15) is 54.7 Å². The lowest BCUT2D eigenvalue weighted by atomic mass is 9.93. The highest BCUT2D eigenvalue weighted by molar-refractivity contribution is 5.93. The summed E-state index contributed by atoms with van der Waals surface area (Å²) in [7, 11) is 0. The van der Waals surface area contributed by atoms with Crippen molar-refractivity contribution < 1.29 is 4.79 Å². The van der Waals surface area contributed by atoms with Crippen molar-refractivity contribution in [2.45, 2.75) is 38.6 Å². The van der Waals surface area contributed by atoms with Crippen LogP contribution in [0.5, 0.6) is 0 Å². The fraction of sp³-hybridized carbons (Fsp3) is 0.471. The summed E-state index contributed by atoms with van der Waals surface area (Å²) in [6.45, 7) is 5.56. The van der Waals surface area contributed by atoms with Gasteiger partial charge in [0.1, 0.15) is 6.33 Å². The Balaban J connectivity index is 1.46. The van der Waals surface area contributed by atoms with Crippen molar-refractivity contribution in [1.82, 2.24) is 34.3 Å². The Labute approximate surface area is 145 Å². The van der Waals surface area contributed by atoms with Crippen LogP contribution in [0.2, 0.25) is 0 Å². The summed E-state index contributed by atoms with van der Waals surface area (Å²) in [6.07, 6.45) is 8.61. The highest BCUT2D eigenvalue weighted by Crippen LogP contribution is 2.28. The Morgan fingerprint density at radius 3 is 2.72 bits per heavy atom. The van der Waals surface area contributed by atoms with Gasteiger partial charge in [0, 0.05) is 37.4 Å². The average Bonchev–Trinajstić information content (AvgIpc) is 3.30. The van der Waals surface area contributed by atoms with Gasteiger partial charge in [-0.25, -0.2) is 9.50 Å². The van der Waals surface area contributed by atoms with Crippen molar-refractivity contribution in [3.8, 4) is 0 Å². The Bertz CT molecular complexity index is 889. The van der Waals surface area contributed by atoms with Crippen molar-refractivity contribution in [3.05, 3.63) is 42.2 Å². The third-order valence-corrected chi connectivity index (χ3v) is 4.79. The molecule has 1 saturated heterocycles. The molecule has 0 aliphatic carbocycles. The second-order valence-electron chi connectivity index (χ2n) is 6.71. The van der Waals surface area contributed by atoms with E-state index in [1.54, 1.807) is 16.9 Å². The minimum absolute atomic E-state index is 0.0611. The predicted molar refractivity (Wildman–Crippen MR) is 91.3 cm³/mol. The molecule has 0 atom stereocenters. The third-order valence-electron chi connectivity index (χ3n) is 4.79. The summed E-state index contributed by atoms with van der Waals surface area (Å²) in [6, 6.07) is 2.25. The monoisotopic (exact) mass is 339 g/mol. The summed E-state index contributed by atoms with van der Waals surface area (Å²) in [5, 5.41) is 8.53. The van der Waals surface area contributed by atoms with Gasteiger partial charge in [0.05, 0.1) is 17.5 Å². The average molecular weight is 339 g/mol.